The molecule has 0 unspecified atom stereocenters. The average molecular weight is 361 g/mol. The molecule has 0 bridgehead atoms. The number of nitrogens with zero attached hydrogens (tertiary/aromatic N) is 2. The third kappa shape index (κ3) is 5.40. The molecule has 0 saturated carbocycles. The fraction of sp³-hybridized carbons (Fsp3) is 0.0952. The van der Waals surface area contributed by atoms with E-state index in [9.17, 15) is 10.1 Å². The van der Waals surface area contributed by atoms with Gasteiger partial charge in [0, 0.05) is 12.1 Å². The van der Waals surface area contributed by atoms with Gasteiger partial charge in [0.15, 0.2) is 0 Å². The van der Waals surface area contributed by atoms with Crippen molar-refractivity contribution >= 4 is 17.6 Å². The predicted molar refractivity (Wildman–Crippen MR) is 106 cm³/mol. The number of hydrogen-bond donors (Lipinski definition) is 1. The van der Waals surface area contributed by atoms with E-state index < -0.39 is 4.92 Å². The summed E-state index contributed by atoms with van der Waals surface area (Å²) >= 11 is 0. The predicted octanol–water partition coefficient (Wildman–Crippen LogP) is 4.93. The van der Waals surface area contributed by atoms with Gasteiger partial charge in [-0.2, -0.15) is 5.10 Å². The van der Waals surface area contributed by atoms with Crippen molar-refractivity contribution in [3.05, 3.63) is 99.6 Å². The van der Waals surface area contributed by atoms with Gasteiger partial charge in [0.1, 0.15) is 12.4 Å². The van der Waals surface area contributed by atoms with E-state index in [4.69, 9.17) is 4.74 Å². The highest BCUT2D eigenvalue weighted by molar-refractivity contribution is 5.80. The molecule has 0 saturated heterocycles. The number of aryl methyl sites for hydroxylation is 1. The van der Waals surface area contributed by atoms with Crippen LogP contribution in [-0.4, -0.2) is 11.1 Å². The number of benzene rings is 3. The number of hydrogen-bond acceptors (Lipinski definition) is 5. The van der Waals surface area contributed by atoms with Gasteiger partial charge in [-0.15, -0.1) is 0 Å². The first kappa shape index (κ1) is 18.1. The van der Waals surface area contributed by atoms with Crippen molar-refractivity contribution < 1.29 is 9.66 Å². The monoisotopic (exact) mass is 361 g/mol. The zero-order valence-corrected chi connectivity index (χ0v) is 14.8. The number of anilines is 1. The molecular weight excluding hydrogens is 342 g/mol. The Morgan fingerprint density at radius 2 is 1.67 bits per heavy atom. The van der Waals surface area contributed by atoms with Crippen molar-refractivity contribution in [3.63, 3.8) is 0 Å². The molecule has 136 valence electrons. The minimum Gasteiger partial charge on any atom is -0.489 e. The van der Waals surface area contributed by atoms with Gasteiger partial charge in [0.2, 0.25) is 0 Å². The van der Waals surface area contributed by atoms with E-state index >= 15 is 0 Å². The number of nitro benzene ring substituents is 1. The van der Waals surface area contributed by atoms with E-state index in [0.717, 1.165) is 16.9 Å². The molecule has 0 spiro atoms. The van der Waals surface area contributed by atoms with Crippen LogP contribution in [-0.2, 0) is 6.61 Å². The third-order valence-electron chi connectivity index (χ3n) is 3.89. The molecule has 0 heterocycles. The maximum atomic E-state index is 10.6. The largest absolute Gasteiger partial charge is 0.489 e. The number of rotatable bonds is 7. The number of nitrogens with one attached hydrogen (secondary N) is 1. The lowest BCUT2D eigenvalue weighted by molar-refractivity contribution is -0.384. The Balaban J connectivity index is 1.51. The third-order valence-corrected chi connectivity index (χ3v) is 3.89. The Kier molecular flexibility index (Phi) is 5.79. The zero-order valence-electron chi connectivity index (χ0n) is 14.8. The van der Waals surface area contributed by atoms with Crippen LogP contribution in [0.4, 0.5) is 11.4 Å². The summed E-state index contributed by atoms with van der Waals surface area (Å²) in [5, 5.41) is 14.8. The molecule has 27 heavy (non-hydrogen) atoms. The fourth-order valence-electron chi connectivity index (χ4n) is 2.34. The van der Waals surface area contributed by atoms with Crippen molar-refractivity contribution in [2.75, 3.05) is 5.43 Å². The van der Waals surface area contributed by atoms with Gasteiger partial charge in [-0.25, -0.2) is 0 Å². The molecule has 0 atom stereocenters. The summed E-state index contributed by atoms with van der Waals surface area (Å²) in [6, 6.07) is 21.9. The summed E-state index contributed by atoms with van der Waals surface area (Å²) in [5.74, 6) is 0.788. The maximum Gasteiger partial charge on any atom is 0.269 e. The molecule has 0 aliphatic rings. The SMILES string of the molecule is Cc1ccc(COc2ccc(C=NNc3ccc([N+](=O)[O-])cc3)cc2)cc1. The Bertz CT molecular complexity index is 918. The molecule has 0 fully saturated rings. The van der Waals surface area contributed by atoms with Gasteiger partial charge in [0.25, 0.3) is 5.69 Å². The summed E-state index contributed by atoms with van der Waals surface area (Å²) in [5.41, 5.74) is 6.82. The summed E-state index contributed by atoms with van der Waals surface area (Å²) in [6.07, 6.45) is 1.67. The smallest absolute Gasteiger partial charge is 0.269 e. The number of non-ortho nitro benzene ring substituents is 1. The Hall–Kier alpha value is -3.67. The van der Waals surface area contributed by atoms with Crippen molar-refractivity contribution in [2.24, 2.45) is 5.10 Å². The topological polar surface area (TPSA) is 76.8 Å². The lowest BCUT2D eigenvalue weighted by atomic mass is 10.2. The van der Waals surface area contributed by atoms with Crippen molar-refractivity contribution in [1.82, 2.24) is 0 Å². The van der Waals surface area contributed by atoms with Gasteiger partial charge in [0.05, 0.1) is 16.8 Å². The molecule has 6 heteroatoms. The van der Waals surface area contributed by atoms with Crippen LogP contribution in [0.25, 0.3) is 0 Å². The second-order valence-corrected chi connectivity index (χ2v) is 6.02. The summed E-state index contributed by atoms with van der Waals surface area (Å²) in [4.78, 5) is 10.2. The first-order valence-electron chi connectivity index (χ1n) is 8.42. The lowest BCUT2D eigenvalue weighted by Gasteiger charge is -2.07. The van der Waals surface area contributed by atoms with Crippen LogP contribution in [0.1, 0.15) is 16.7 Å². The molecule has 3 aromatic rings. The van der Waals surface area contributed by atoms with E-state index in [1.165, 1.54) is 17.7 Å². The first-order valence-corrected chi connectivity index (χ1v) is 8.42. The van der Waals surface area contributed by atoms with Crippen LogP contribution >= 0.6 is 0 Å². The molecule has 1 N–H and O–H groups in total. The first-order chi connectivity index (χ1) is 13.1. The normalized spacial score (nSPS) is 10.7. The van der Waals surface area contributed by atoms with Gasteiger partial charge in [-0.05, 0) is 54.4 Å². The molecule has 0 radical (unpaired) electrons. The van der Waals surface area contributed by atoms with Crippen LogP contribution in [0.5, 0.6) is 5.75 Å². The standard InChI is InChI=1S/C21H19N3O3/c1-16-2-4-18(5-3-16)15-27-21-12-6-17(7-13-21)14-22-23-19-8-10-20(11-9-19)24(25)26/h2-14,23H,15H2,1H3. The minimum atomic E-state index is -0.435. The van der Waals surface area contributed by atoms with Gasteiger partial charge >= 0.3 is 0 Å². The van der Waals surface area contributed by atoms with Crippen LogP contribution in [0.2, 0.25) is 0 Å². The summed E-state index contributed by atoms with van der Waals surface area (Å²) in [6.45, 7) is 2.58. The summed E-state index contributed by atoms with van der Waals surface area (Å²) < 4.78 is 5.78. The summed E-state index contributed by atoms with van der Waals surface area (Å²) in [7, 11) is 0. The number of hydrazone groups is 1. The molecule has 0 amide bonds. The van der Waals surface area contributed by atoms with Gasteiger partial charge < -0.3 is 4.74 Å². The lowest BCUT2D eigenvalue weighted by Crippen LogP contribution is -1.96. The Morgan fingerprint density at radius 3 is 2.30 bits per heavy atom. The van der Waals surface area contributed by atoms with Crippen LogP contribution in [0.3, 0.4) is 0 Å². The second-order valence-electron chi connectivity index (χ2n) is 6.02. The van der Waals surface area contributed by atoms with Crippen LogP contribution in [0.15, 0.2) is 77.9 Å². The van der Waals surface area contributed by atoms with E-state index in [-0.39, 0.29) is 5.69 Å². The van der Waals surface area contributed by atoms with Gasteiger partial charge in [-0.3, -0.25) is 15.5 Å². The highest BCUT2D eigenvalue weighted by Gasteiger charge is 2.02. The second kappa shape index (κ2) is 8.62. The molecule has 6 nitrogen and oxygen atoms in total. The zero-order chi connectivity index (χ0) is 19.1. The van der Waals surface area contributed by atoms with Crippen LogP contribution in [0, 0.1) is 17.0 Å². The van der Waals surface area contributed by atoms with E-state index in [2.05, 4.69) is 41.7 Å². The van der Waals surface area contributed by atoms with Crippen LogP contribution < -0.4 is 10.2 Å². The van der Waals surface area contributed by atoms with Crippen molar-refractivity contribution in [2.45, 2.75) is 13.5 Å². The number of ether oxygens (including phenoxy) is 1. The average Bonchev–Trinajstić information content (AvgIpc) is 2.69. The highest BCUT2D eigenvalue weighted by Crippen LogP contribution is 2.16. The molecule has 0 aromatic heterocycles. The molecule has 3 aromatic carbocycles. The van der Waals surface area contributed by atoms with E-state index in [0.29, 0.717) is 12.3 Å². The molecule has 0 aliphatic heterocycles. The van der Waals surface area contributed by atoms with Crippen molar-refractivity contribution in [3.8, 4) is 5.75 Å². The Morgan fingerprint density at radius 1 is 1.00 bits per heavy atom. The highest BCUT2D eigenvalue weighted by atomic mass is 16.6. The molecular formula is C21H19N3O3. The minimum absolute atomic E-state index is 0.0470. The van der Waals surface area contributed by atoms with E-state index in [1.807, 2.05) is 24.3 Å². The quantitative estimate of drug-likeness (QED) is 0.368. The number of nitro groups is 1. The van der Waals surface area contributed by atoms with Gasteiger partial charge in [-0.1, -0.05) is 29.8 Å². The molecule has 0 aliphatic carbocycles. The Labute approximate surface area is 157 Å². The molecule has 3 rings (SSSR count). The van der Waals surface area contributed by atoms with E-state index in [1.54, 1.807) is 18.3 Å². The maximum absolute atomic E-state index is 10.6. The van der Waals surface area contributed by atoms with Crippen molar-refractivity contribution in [1.29, 1.82) is 0 Å². The fourth-order valence-corrected chi connectivity index (χ4v) is 2.34.